The van der Waals surface area contributed by atoms with Gasteiger partial charge in [0.1, 0.15) is 5.76 Å². The topological polar surface area (TPSA) is 59.4 Å². The number of nitrogens with two attached hydrogens (primary N) is 1. The minimum atomic E-state index is -0.0384. The van der Waals surface area contributed by atoms with Crippen molar-refractivity contribution in [2.45, 2.75) is 13.0 Å². The van der Waals surface area contributed by atoms with E-state index in [0.717, 1.165) is 16.9 Å². The summed E-state index contributed by atoms with van der Waals surface area (Å²) in [7, 11) is 0. The van der Waals surface area contributed by atoms with Gasteiger partial charge in [-0.05, 0) is 17.2 Å². The van der Waals surface area contributed by atoms with E-state index in [1.165, 1.54) is 0 Å². The highest BCUT2D eigenvalue weighted by Crippen LogP contribution is 2.17. The molecule has 0 fully saturated rings. The van der Waals surface area contributed by atoms with Gasteiger partial charge in [0.2, 0.25) is 0 Å². The summed E-state index contributed by atoms with van der Waals surface area (Å²) >= 11 is 0. The summed E-state index contributed by atoms with van der Waals surface area (Å²) in [4.78, 5) is 0. The molecule has 3 N–H and O–H groups in total. The van der Waals surface area contributed by atoms with Crippen molar-refractivity contribution in [2.75, 3.05) is 0 Å². The Balaban J connectivity index is 2.11. The van der Waals surface area contributed by atoms with Crippen LogP contribution < -0.4 is 5.73 Å². The number of rotatable bonds is 3. The van der Waals surface area contributed by atoms with Crippen LogP contribution in [0.2, 0.25) is 0 Å². The first-order valence-corrected chi connectivity index (χ1v) is 4.83. The maximum atomic E-state index is 9.03. The molecule has 1 heterocycles. The van der Waals surface area contributed by atoms with Crippen molar-refractivity contribution in [1.29, 1.82) is 0 Å². The summed E-state index contributed by atoms with van der Waals surface area (Å²) in [6, 6.07) is 11.3. The minimum Gasteiger partial charge on any atom is -0.481 e. The number of aromatic hydroxyl groups is 1. The molecule has 78 valence electrons. The maximum Gasteiger partial charge on any atom is 0.281 e. The summed E-state index contributed by atoms with van der Waals surface area (Å²) in [6.07, 6.45) is 0.686. The molecule has 0 unspecified atom stereocenters. The van der Waals surface area contributed by atoms with E-state index in [-0.39, 0.29) is 5.95 Å². The minimum absolute atomic E-state index is 0.0384. The highest BCUT2D eigenvalue weighted by Gasteiger charge is 2.01. The molecule has 0 saturated carbocycles. The highest BCUT2D eigenvalue weighted by molar-refractivity contribution is 5.26. The Hall–Kier alpha value is -1.74. The molecule has 15 heavy (non-hydrogen) atoms. The fraction of sp³-hybridized carbons (Fsp3) is 0.167. The lowest BCUT2D eigenvalue weighted by atomic mass is 10.1. The van der Waals surface area contributed by atoms with Gasteiger partial charge in [-0.25, -0.2) is 0 Å². The molecule has 0 aliphatic heterocycles. The molecule has 0 atom stereocenters. The van der Waals surface area contributed by atoms with Crippen molar-refractivity contribution in [3.8, 4) is 5.95 Å². The lowest BCUT2D eigenvalue weighted by Crippen LogP contribution is -1.96. The Morgan fingerprint density at radius 1 is 1.00 bits per heavy atom. The maximum absolute atomic E-state index is 9.03. The van der Waals surface area contributed by atoms with Gasteiger partial charge in [0, 0.05) is 19.0 Å². The second-order valence-corrected chi connectivity index (χ2v) is 3.44. The largest absolute Gasteiger partial charge is 0.481 e. The average Bonchev–Trinajstić information content (AvgIpc) is 2.65. The fourth-order valence-electron chi connectivity index (χ4n) is 1.46. The normalized spacial score (nSPS) is 10.5. The van der Waals surface area contributed by atoms with Crippen molar-refractivity contribution in [1.82, 2.24) is 0 Å². The van der Waals surface area contributed by atoms with Gasteiger partial charge in [-0.1, -0.05) is 24.3 Å². The van der Waals surface area contributed by atoms with Crippen molar-refractivity contribution in [3.05, 3.63) is 53.3 Å². The first-order chi connectivity index (χ1) is 7.28. The van der Waals surface area contributed by atoms with Gasteiger partial charge < -0.3 is 15.3 Å². The molecule has 0 spiro atoms. The van der Waals surface area contributed by atoms with Crippen LogP contribution in [-0.4, -0.2) is 5.11 Å². The van der Waals surface area contributed by atoms with E-state index in [4.69, 9.17) is 15.3 Å². The van der Waals surface area contributed by atoms with Crippen molar-refractivity contribution >= 4 is 0 Å². The third kappa shape index (κ3) is 2.39. The molecule has 0 radical (unpaired) electrons. The number of furan rings is 1. The standard InChI is InChI=1S/C12H13NO2/c13-8-10-3-1-9(2-4-10)7-11-5-6-12(14)15-11/h1-6,14H,7-8,13H2. The van der Waals surface area contributed by atoms with Gasteiger partial charge in [0.15, 0.2) is 0 Å². The van der Waals surface area contributed by atoms with Crippen LogP contribution in [0.4, 0.5) is 0 Å². The molecule has 2 aromatic rings. The monoisotopic (exact) mass is 203 g/mol. The molecular weight excluding hydrogens is 190 g/mol. The Bertz CT molecular complexity index is 431. The van der Waals surface area contributed by atoms with Gasteiger partial charge in [0.05, 0.1) is 0 Å². The average molecular weight is 203 g/mol. The van der Waals surface area contributed by atoms with E-state index in [1.54, 1.807) is 12.1 Å². The van der Waals surface area contributed by atoms with E-state index in [9.17, 15) is 0 Å². The van der Waals surface area contributed by atoms with Gasteiger partial charge in [-0.2, -0.15) is 0 Å². The van der Waals surface area contributed by atoms with E-state index >= 15 is 0 Å². The zero-order valence-electron chi connectivity index (χ0n) is 8.31. The summed E-state index contributed by atoms with van der Waals surface area (Å²) in [5.41, 5.74) is 7.76. The van der Waals surface area contributed by atoms with Crippen LogP contribution in [0.15, 0.2) is 40.8 Å². The van der Waals surface area contributed by atoms with Gasteiger partial charge in [-0.15, -0.1) is 0 Å². The molecule has 3 heteroatoms. The van der Waals surface area contributed by atoms with Gasteiger partial charge >= 0.3 is 0 Å². The summed E-state index contributed by atoms with van der Waals surface area (Å²) in [6.45, 7) is 0.557. The van der Waals surface area contributed by atoms with Crippen molar-refractivity contribution in [2.24, 2.45) is 5.73 Å². The van der Waals surface area contributed by atoms with E-state index < -0.39 is 0 Å². The molecule has 0 amide bonds. The molecule has 0 aliphatic rings. The first kappa shape index (κ1) is 9.80. The van der Waals surface area contributed by atoms with Crippen molar-refractivity contribution < 1.29 is 9.52 Å². The van der Waals surface area contributed by atoms with Crippen LogP contribution in [0.25, 0.3) is 0 Å². The summed E-state index contributed by atoms with van der Waals surface area (Å²) < 4.78 is 5.07. The fourth-order valence-corrected chi connectivity index (χ4v) is 1.46. The van der Waals surface area contributed by atoms with Crippen LogP contribution in [0, 0.1) is 0 Å². The predicted octanol–water partition coefficient (Wildman–Crippen LogP) is 2.03. The predicted molar refractivity (Wildman–Crippen MR) is 57.5 cm³/mol. The van der Waals surface area contributed by atoms with E-state index in [1.807, 2.05) is 24.3 Å². The Kier molecular flexibility index (Phi) is 2.74. The molecule has 1 aromatic carbocycles. The van der Waals surface area contributed by atoms with Gasteiger partial charge in [-0.3, -0.25) is 0 Å². The van der Waals surface area contributed by atoms with Crippen LogP contribution >= 0.6 is 0 Å². The highest BCUT2D eigenvalue weighted by atomic mass is 16.5. The lowest BCUT2D eigenvalue weighted by molar-refractivity contribution is 0.321. The molecule has 2 rings (SSSR count). The molecule has 0 aliphatic carbocycles. The Morgan fingerprint density at radius 3 is 2.20 bits per heavy atom. The van der Waals surface area contributed by atoms with Crippen molar-refractivity contribution in [3.63, 3.8) is 0 Å². The lowest BCUT2D eigenvalue weighted by Gasteiger charge is -2.00. The zero-order chi connectivity index (χ0) is 10.7. The molecule has 3 nitrogen and oxygen atoms in total. The second-order valence-electron chi connectivity index (χ2n) is 3.44. The molecule has 1 aromatic heterocycles. The number of hydrogen-bond donors (Lipinski definition) is 2. The smallest absolute Gasteiger partial charge is 0.281 e. The third-order valence-electron chi connectivity index (χ3n) is 2.28. The number of hydrogen-bond acceptors (Lipinski definition) is 3. The second kappa shape index (κ2) is 4.19. The van der Waals surface area contributed by atoms with Crippen LogP contribution in [0.3, 0.4) is 0 Å². The zero-order valence-corrected chi connectivity index (χ0v) is 8.31. The molecular formula is C12H13NO2. The number of benzene rings is 1. The van der Waals surface area contributed by atoms with E-state index in [0.29, 0.717) is 13.0 Å². The van der Waals surface area contributed by atoms with E-state index in [2.05, 4.69) is 0 Å². The first-order valence-electron chi connectivity index (χ1n) is 4.83. The Morgan fingerprint density at radius 2 is 1.67 bits per heavy atom. The summed E-state index contributed by atoms with van der Waals surface area (Å²) in [5.74, 6) is 0.719. The van der Waals surface area contributed by atoms with Crippen LogP contribution in [0.1, 0.15) is 16.9 Å². The molecule has 0 saturated heterocycles. The summed E-state index contributed by atoms with van der Waals surface area (Å²) in [5, 5.41) is 9.03. The quantitative estimate of drug-likeness (QED) is 0.802. The van der Waals surface area contributed by atoms with Gasteiger partial charge in [0.25, 0.3) is 5.95 Å². The SMILES string of the molecule is NCc1ccc(Cc2ccc(O)o2)cc1. The molecule has 0 bridgehead atoms. The van der Waals surface area contributed by atoms with Crippen LogP contribution in [0.5, 0.6) is 5.95 Å². The third-order valence-corrected chi connectivity index (χ3v) is 2.28. The van der Waals surface area contributed by atoms with Crippen LogP contribution in [-0.2, 0) is 13.0 Å². The Labute approximate surface area is 88.1 Å².